The number of rotatable bonds is 4. The lowest BCUT2D eigenvalue weighted by Gasteiger charge is -2.02. The molecule has 2 aromatic heterocycles. The van der Waals surface area contributed by atoms with Gasteiger partial charge in [-0.05, 0) is 30.9 Å². The van der Waals surface area contributed by atoms with Crippen LogP contribution in [0.4, 0.5) is 0 Å². The van der Waals surface area contributed by atoms with Crippen LogP contribution in [0.3, 0.4) is 0 Å². The van der Waals surface area contributed by atoms with Crippen LogP contribution in [0.5, 0.6) is 0 Å². The van der Waals surface area contributed by atoms with Gasteiger partial charge >= 0.3 is 5.69 Å². The van der Waals surface area contributed by atoms with Gasteiger partial charge in [-0.1, -0.05) is 0 Å². The third-order valence-electron chi connectivity index (χ3n) is 2.86. The van der Waals surface area contributed by atoms with Gasteiger partial charge in [0.05, 0.1) is 12.6 Å². The fourth-order valence-corrected chi connectivity index (χ4v) is 2.50. The third-order valence-corrected chi connectivity index (χ3v) is 3.82. The van der Waals surface area contributed by atoms with Gasteiger partial charge in [0.2, 0.25) is 5.91 Å². The van der Waals surface area contributed by atoms with Crippen LogP contribution in [0.15, 0.2) is 26.1 Å². The maximum Gasteiger partial charge on any atom is 0.325 e. The molecule has 8 heteroatoms. The lowest BCUT2D eigenvalue weighted by Crippen LogP contribution is -2.30. The first-order valence-corrected chi connectivity index (χ1v) is 7.03. The molecule has 0 aliphatic rings. The number of nitrogens with one attached hydrogen (secondary N) is 3. The molecular formula is C13H14N4O3S. The lowest BCUT2D eigenvalue weighted by atomic mass is 10.1. The van der Waals surface area contributed by atoms with E-state index < -0.39 is 17.2 Å². The summed E-state index contributed by atoms with van der Waals surface area (Å²) < 4.78 is 0. The monoisotopic (exact) mass is 306 g/mol. The predicted octanol–water partition coefficient (Wildman–Crippen LogP) is 0.434. The Labute approximate surface area is 123 Å². The van der Waals surface area contributed by atoms with Crippen molar-refractivity contribution in [2.75, 3.05) is 0 Å². The Morgan fingerprint density at radius 3 is 2.76 bits per heavy atom. The summed E-state index contributed by atoms with van der Waals surface area (Å²) in [6, 6.07) is 1.96. The van der Waals surface area contributed by atoms with Crippen molar-refractivity contribution in [1.29, 1.82) is 0 Å². The molecule has 2 rings (SSSR count). The molecule has 2 aromatic rings. The topological polar surface area (TPSA) is 107 Å². The number of aromatic nitrogens is 2. The van der Waals surface area contributed by atoms with Crippen LogP contribution in [0.25, 0.3) is 0 Å². The van der Waals surface area contributed by atoms with Crippen molar-refractivity contribution in [2.45, 2.75) is 20.3 Å². The first kappa shape index (κ1) is 14.9. The zero-order chi connectivity index (χ0) is 15.4. The summed E-state index contributed by atoms with van der Waals surface area (Å²) in [6.07, 6.45) is 1.40. The number of aromatic amines is 2. The number of aryl methyl sites for hydroxylation is 2. The highest BCUT2D eigenvalue weighted by molar-refractivity contribution is 7.11. The van der Waals surface area contributed by atoms with Gasteiger partial charge in [-0.15, -0.1) is 11.3 Å². The number of H-pyrrole nitrogens is 2. The maximum atomic E-state index is 11.7. The van der Waals surface area contributed by atoms with Gasteiger partial charge in [-0.25, -0.2) is 10.2 Å². The molecule has 0 aliphatic carbocycles. The molecule has 0 atom stereocenters. The Kier molecular flexibility index (Phi) is 4.49. The smallest absolute Gasteiger partial charge is 0.311 e. The molecule has 0 aliphatic heterocycles. The first-order chi connectivity index (χ1) is 9.97. The molecule has 0 bridgehead atoms. The zero-order valence-corrected chi connectivity index (χ0v) is 12.3. The molecule has 7 nitrogen and oxygen atoms in total. The highest BCUT2D eigenvalue weighted by Crippen LogP contribution is 2.12. The van der Waals surface area contributed by atoms with Crippen LogP contribution >= 0.6 is 11.3 Å². The summed E-state index contributed by atoms with van der Waals surface area (Å²) >= 11 is 1.52. The largest absolute Gasteiger partial charge is 0.325 e. The van der Waals surface area contributed by atoms with Crippen LogP contribution in [0.2, 0.25) is 0 Å². The molecule has 2 heterocycles. The highest BCUT2D eigenvalue weighted by Gasteiger charge is 2.10. The lowest BCUT2D eigenvalue weighted by molar-refractivity contribution is -0.120. The highest BCUT2D eigenvalue weighted by atomic mass is 32.1. The van der Waals surface area contributed by atoms with E-state index in [0.29, 0.717) is 5.69 Å². The van der Waals surface area contributed by atoms with Crippen molar-refractivity contribution < 1.29 is 4.79 Å². The van der Waals surface area contributed by atoms with Gasteiger partial charge in [0, 0.05) is 16.1 Å². The van der Waals surface area contributed by atoms with Crippen LogP contribution in [0, 0.1) is 13.8 Å². The van der Waals surface area contributed by atoms with Gasteiger partial charge in [0.1, 0.15) is 0 Å². The van der Waals surface area contributed by atoms with Crippen LogP contribution < -0.4 is 16.7 Å². The molecule has 0 fully saturated rings. The van der Waals surface area contributed by atoms with Crippen molar-refractivity contribution in [1.82, 2.24) is 15.4 Å². The number of hydrazone groups is 1. The third kappa shape index (κ3) is 3.76. The van der Waals surface area contributed by atoms with Crippen molar-refractivity contribution in [3.05, 3.63) is 54.0 Å². The number of amides is 1. The van der Waals surface area contributed by atoms with Gasteiger partial charge < -0.3 is 4.98 Å². The van der Waals surface area contributed by atoms with Crippen LogP contribution in [-0.4, -0.2) is 22.1 Å². The van der Waals surface area contributed by atoms with Crippen molar-refractivity contribution in [2.24, 2.45) is 5.10 Å². The van der Waals surface area contributed by atoms with E-state index in [0.717, 1.165) is 10.4 Å². The van der Waals surface area contributed by atoms with E-state index in [9.17, 15) is 14.4 Å². The molecule has 0 saturated carbocycles. The standard InChI is InChI=1S/C13H14N4O3S/c1-7-3-4-21-10(7)6-14-17-11(18)5-9-8(2)15-13(20)16-12(9)19/h3-4,6H,5H2,1-2H3,(H,17,18)(H2,15,16,19,20)/b14-6-. The van der Waals surface area contributed by atoms with E-state index in [2.05, 4.69) is 20.5 Å². The SMILES string of the molecule is Cc1ccsc1/C=N\NC(=O)Cc1c(C)[nH]c(=O)[nH]c1=O. The quantitative estimate of drug-likeness (QED) is 0.563. The number of thiophene rings is 1. The van der Waals surface area contributed by atoms with E-state index in [1.165, 1.54) is 11.3 Å². The molecule has 110 valence electrons. The fraction of sp³-hybridized carbons (Fsp3) is 0.231. The maximum absolute atomic E-state index is 11.7. The summed E-state index contributed by atoms with van der Waals surface area (Å²) in [6.45, 7) is 3.51. The Morgan fingerprint density at radius 2 is 2.14 bits per heavy atom. The predicted molar refractivity (Wildman–Crippen MR) is 80.9 cm³/mol. The van der Waals surface area contributed by atoms with Crippen molar-refractivity contribution in [3.8, 4) is 0 Å². The van der Waals surface area contributed by atoms with Crippen molar-refractivity contribution in [3.63, 3.8) is 0 Å². The van der Waals surface area contributed by atoms with Gasteiger partial charge in [0.25, 0.3) is 5.56 Å². The van der Waals surface area contributed by atoms with E-state index in [-0.39, 0.29) is 12.0 Å². The molecule has 0 spiro atoms. The second kappa shape index (κ2) is 6.31. The Bertz CT molecular complexity index is 800. The summed E-state index contributed by atoms with van der Waals surface area (Å²) in [5, 5.41) is 5.78. The summed E-state index contributed by atoms with van der Waals surface area (Å²) in [4.78, 5) is 39.9. The number of hydrogen-bond acceptors (Lipinski definition) is 5. The molecule has 21 heavy (non-hydrogen) atoms. The van der Waals surface area contributed by atoms with Gasteiger partial charge in [-0.2, -0.15) is 5.10 Å². The Hall–Kier alpha value is -2.48. The van der Waals surface area contributed by atoms with Crippen LogP contribution in [-0.2, 0) is 11.2 Å². The average molecular weight is 306 g/mol. The fourth-order valence-electron chi connectivity index (χ4n) is 1.72. The van der Waals surface area contributed by atoms with Crippen LogP contribution in [0.1, 0.15) is 21.7 Å². The minimum atomic E-state index is -0.590. The van der Waals surface area contributed by atoms with Crippen molar-refractivity contribution >= 4 is 23.5 Å². The van der Waals surface area contributed by atoms with E-state index in [1.807, 2.05) is 18.4 Å². The second-order valence-corrected chi connectivity index (χ2v) is 5.40. The number of carbonyl (C=O) groups is 1. The normalized spacial score (nSPS) is 11.0. The number of nitrogens with zero attached hydrogens (tertiary/aromatic N) is 1. The summed E-state index contributed by atoms with van der Waals surface area (Å²) in [7, 11) is 0. The van der Waals surface area contributed by atoms with E-state index in [4.69, 9.17) is 0 Å². The zero-order valence-electron chi connectivity index (χ0n) is 11.5. The molecular weight excluding hydrogens is 292 g/mol. The molecule has 3 N–H and O–H groups in total. The molecule has 0 aromatic carbocycles. The molecule has 0 unspecified atom stereocenters. The molecule has 0 radical (unpaired) electrons. The van der Waals surface area contributed by atoms with Gasteiger partial charge in [-0.3, -0.25) is 14.6 Å². The van der Waals surface area contributed by atoms with Gasteiger partial charge in [0.15, 0.2) is 0 Å². The summed E-state index contributed by atoms with van der Waals surface area (Å²) in [5.74, 6) is -0.430. The number of carbonyl (C=O) groups excluding carboxylic acids is 1. The second-order valence-electron chi connectivity index (χ2n) is 4.45. The Morgan fingerprint density at radius 1 is 1.38 bits per heavy atom. The molecule has 1 amide bonds. The summed E-state index contributed by atoms with van der Waals surface area (Å²) in [5.41, 5.74) is 2.87. The first-order valence-electron chi connectivity index (χ1n) is 6.15. The number of hydrogen-bond donors (Lipinski definition) is 3. The minimum absolute atomic E-state index is 0.154. The minimum Gasteiger partial charge on any atom is -0.311 e. The average Bonchev–Trinajstić information content (AvgIpc) is 2.80. The molecule has 0 saturated heterocycles. The van der Waals surface area contributed by atoms with E-state index >= 15 is 0 Å². The Balaban J connectivity index is 2.03. The van der Waals surface area contributed by atoms with E-state index in [1.54, 1.807) is 13.1 Å².